The molecule has 0 saturated heterocycles. The third-order valence-corrected chi connectivity index (χ3v) is 3.26. The van der Waals surface area contributed by atoms with Gasteiger partial charge in [-0.05, 0) is 37.0 Å². The average Bonchev–Trinajstić information content (AvgIpc) is 2.55. The molecule has 110 valence electrons. The van der Waals surface area contributed by atoms with Crippen molar-refractivity contribution in [1.82, 2.24) is 0 Å². The summed E-state index contributed by atoms with van der Waals surface area (Å²) in [5.41, 5.74) is 1.25. The molecule has 2 aromatic rings. The van der Waals surface area contributed by atoms with Gasteiger partial charge in [0.1, 0.15) is 6.17 Å². The van der Waals surface area contributed by atoms with Crippen molar-refractivity contribution in [1.29, 1.82) is 0 Å². The zero-order valence-corrected chi connectivity index (χ0v) is 11.9. The fourth-order valence-corrected chi connectivity index (χ4v) is 2.08. The Morgan fingerprint density at radius 2 is 1.57 bits per heavy atom. The molecule has 0 radical (unpaired) electrons. The van der Waals surface area contributed by atoms with E-state index >= 15 is 0 Å². The number of benzene rings is 2. The van der Waals surface area contributed by atoms with Crippen molar-refractivity contribution >= 4 is 5.97 Å². The molecule has 0 aliphatic carbocycles. The van der Waals surface area contributed by atoms with Crippen LogP contribution in [0.5, 0.6) is 0 Å². The van der Waals surface area contributed by atoms with Crippen molar-refractivity contribution in [3.63, 3.8) is 0 Å². The Hall–Kier alpha value is -2.16. The Bertz CT molecular complexity index is 540. The molecule has 2 nitrogen and oxygen atoms in total. The van der Waals surface area contributed by atoms with E-state index in [2.05, 4.69) is 0 Å². The molecule has 3 heteroatoms. The Balaban J connectivity index is 1.63. The third kappa shape index (κ3) is 5.03. The molecule has 0 aliphatic heterocycles. The van der Waals surface area contributed by atoms with E-state index in [0.29, 0.717) is 37.0 Å². The number of alkyl halides is 1. The summed E-state index contributed by atoms with van der Waals surface area (Å²) in [6.07, 6.45) is 0.868. The Morgan fingerprint density at radius 3 is 2.24 bits per heavy atom. The fourth-order valence-electron chi connectivity index (χ4n) is 2.08. The molecule has 0 amide bonds. The normalized spacial score (nSPS) is 11.9. The van der Waals surface area contributed by atoms with Crippen LogP contribution < -0.4 is 0 Å². The van der Waals surface area contributed by atoms with Gasteiger partial charge in [0, 0.05) is 0 Å². The number of ether oxygens (including phenoxy) is 1. The summed E-state index contributed by atoms with van der Waals surface area (Å²) in [5, 5.41) is 0. The van der Waals surface area contributed by atoms with Crippen LogP contribution in [-0.4, -0.2) is 12.6 Å². The number of esters is 1. The van der Waals surface area contributed by atoms with Crippen LogP contribution in [0.1, 0.15) is 41.4 Å². The van der Waals surface area contributed by atoms with Crippen LogP contribution in [-0.2, 0) is 4.74 Å². The SMILES string of the molecule is O=C(OCCCCC(F)c1ccccc1)c1ccccc1. The molecule has 0 bridgehead atoms. The predicted molar refractivity (Wildman–Crippen MR) is 80.9 cm³/mol. The highest BCUT2D eigenvalue weighted by atomic mass is 19.1. The molecular formula is C18H19FO2. The van der Waals surface area contributed by atoms with Crippen molar-refractivity contribution in [3.8, 4) is 0 Å². The molecule has 0 N–H and O–H groups in total. The lowest BCUT2D eigenvalue weighted by molar-refractivity contribution is 0.0496. The lowest BCUT2D eigenvalue weighted by atomic mass is 10.1. The van der Waals surface area contributed by atoms with Crippen molar-refractivity contribution in [2.45, 2.75) is 25.4 Å². The van der Waals surface area contributed by atoms with E-state index in [1.807, 2.05) is 24.3 Å². The standard InChI is InChI=1S/C18H19FO2/c19-17(15-9-3-1-4-10-15)13-7-8-14-21-18(20)16-11-5-2-6-12-16/h1-6,9-12,17H,7-8,13-14H2. The fraction of sp³-hybridized carbons (Fsp3) is 0.278. The lowest BCUT2D eigenvalue weighted by Crippen LogP contribution is -2.06. The van der Waals surface area contributed by atoms with Gasteiger partial charge in [0.25, 0.3) is 0 Å². The van der Waals surface area contributed by atoms with Gasteiger partial charge in [-0.25, -0.2) is 9.18 Å². The summed E-state index contributed by atoms with van der Waals surface area (Å²) in [5.74, 6) is -0.324. The zero-order valence-electron chi connectivity index (χ0n) is 11.9. The molecule has 0 heterocycles. The van der Waals surface area contributed by atoms with Crippen LogP contribution in [0, 0.1) is 0 Å². The molecule has 0 saturated carbocycles. The topological polar surface area (TPSA) is 26.3 Å². The van der Waals surface area contributed by atoms with E-state index < -0.39 is 6.17 Å². The van der Waals surface area contributed by atoms with Crippen LogP contribution in [0.2, 0.25) is 0 Å². The Morgan fingerprint density at radius 1 is 0.952 bits per heavy atom. The highest BCUT2D eigenvalue weighted by Crippen LogP contribution is 2.22. The maximum absolute atomic E-state index is 13.9. The number of carbonyl (C=O) groups is 1. The largest absolute Gasteiger partial charge is 0.462 e. The molecule has 0 spiro atoms. The van der Waals surface area contributed by atoms with Crippen molar-refractivity contribution in [2.75, 3.05) is 6.61 Å². The van der Waals surface area contributed by atoms with Crippen molar-refractivity contribution in [2.24, 2.45) is 0 Å². The maximum Gasteiger partial charge on any atom is 0.338 e. The van der Waals surface area contributed by atoms with Gasteiger partial charge >= 0.3 is 5.97 Å². The van der Waals surface area contributed by atoms with Gasteiger partial charge in [0.05, 0.1) is 12.2 Å². The minimum absolute atomic E-state index is 0.324. The molecule has 2 aromatic carbocycles. The van der Waals surface area contributed by atoms with Gasteiger partial charge in [0.2, 0.25) is 0 Å². The highest BCUT2D eigenvalue weighted by molar-refractivity contribution is 5.89. The summed E-state index contributed by atoms with van der Waals surface area (Å²) in [7, 11) is 0. The number of hydrogen-bond donors (Lipinski definition) is 0. The highest BCUT2D eigenvalue weighted by Gasteiger charge is 2.09. The first-order chi connectivity index (χ1) is 10.3. The number of rotatable bonds is 7. The number of unbranched alkanes of at least 4 members (excludes halogenated alkanes) is 1. The molecule has 0 aliphatic rings. The zero-order chi connectivity index (χ0) is 14.9. The van der Waals surface area contributed by atoms with E-state index in [1.165, 1.54) is 0 Å². The monoisotopic (exact) mass is 286 g/mol. The van der Waals surface area contributed by atoms with Gasteiger partial charge in [-0.3, -0.25) is 0 Å². The number of carbonyl (C=O) groups excluding carboxylic acids is 1. The van der Waals surface area contributed by atoms with Crippen molar-refractivity contribution < 1.29 is 13.9 Å². The minimum Gasteiger partial charge on any atom is -0.462 e. The summed E-state index contributed by atoms with van der Waals surface area (Å²) >= 11 is 0. The molecule has 2 rings (SSSR count). The minimum atomic E-state index is -0.948. The molecular weight excluding hydrogens is 267 g/mol. The van der Waals surface area contributed by atoms with E-state index in [1.54, 1.807) is 36.4 Å². The van der Waals surface area contributed by atoms with Gasteiger partial charge in [-0.1, -0.05) is 48.5 Å². The van der Waals surface area contributed by atoms with Crippen LogP contribution in [0.25, 0.3) is 0 Å². The second kappa shape index (κ2) is 8.20. The van der Waals surface area contributed by atoms with Crippen LogP contribution in [0.3, 0.4) is 0 Å². The molecule has 21 heavy (non-hydrogen) atoms. The van der Waals surface area contributed by atoms with Crippen LogP contribution in [0.4, 0.5) is 4.39 Å². The second-order valence-electron chi connectivity index (χ2n) is 4.88. The van der Waals surface area contributed by atoms with Gasteiger partial charge in [-0.15, -0.1) is 0 Å². The van der Waals surface area contributed by atoms with Gasteiger partial charge in [0.15, 0.2) is 0 Å². The lowest BCUT2D eigenvalue weighted by Gasteiger charge is -2.08. The molecule has 0 aromatic heterocycles. The maximum atomic E-state index is 13.9. The Kier molecular flexibility index (Phi) is 5.95. The summed E-state index contributed by atoms with van der Waals surface area (Å²) in [6, 6.07) is 18.0. The van der Waals surface area contributed by atoms with Crippen LogP contribution in [0.15, 0.2) is 60.7 Å². The quantitative estimate of drug-likeness (QED) is 0.543. The number of halogens is 1. The second-order valence-corrected chi connectivity index (χ2v) is 4.88. The Labute approximate surface area is 124 Å². The summed E-state index contributed by atoms with van der Waals surface area (Å²) in [4.78, 5) is 11.7. The molecule has 0 fully saturated rings. The summed E-state index contributed by atoms with van der Waals surface area (Å²) < 4.78 is 19.0. The molecule has 1 unspecified atom stereocenters. The first-order valence-corrected chi connectivity index (χ1v) is 7.18. The van der Waals surface area contributed by atoms with Gasteiger partial charge in [-0.2, -0.15) is 0 Å². The van der Waals surface area contributed by atoms with Crippen LogP contribution >= 0.6 is 0 Å². The third-order valence-electron chi connectivity index (χ3n) is 3.26. The van der Waals surface area contributed by atoms with E-state index in [-0.39, 0.29) is 5.97 Å². The first kappa shape index (κ1) is 15.2. The van der Waals surface area contributed by atoms with E-state index in [9.17, 15) is 9.18 Å². The summed E-state index contributed by atoms with van der Waals surface area (Å²) in [6.45, 7) is 0.329. The predicted octanol–water partition coefficient (Wildman–Crippen LogP) is 4.72. The van der Waals surface area contributed by atoms with Crippen molar-refractivity contribution in [3.05, 3.63) is 71.8 Å². The molecule has 1 atom stereocenters. The van der Waals surface area contributed by atoms with E-state index in [0.717, 1.165) is 0 Å². The average molecular weight is 286 g/mol. The smallest absolute Gasteiger partial charge is 0.338 e. The number of hydrogen-bond acceptors (Lipinski definition) is 2. The van der Waals surface area contributed by atoms with Gasteiger partial charge < -0.3 is 4.74 Å². The first-order valence-electron chi connectivity index (χ1n) is 7.18. The van der Waals surface area contributed by atoms with E-state index in [4.69, 9.17) is 4.74 Å².